The lowest BCUT2D eigenvalue weighted by Crippen LogP contribution is -2.28. The number of para-hydroxylation sites is 2. The first-order valence-corrected chi connectivity index (χ1v) is 46.6. The Kier molecular flexibility index (Phi) is 20.3. The molecule has 0 unspecified atom stereocenters. The van der Waals surface area contributed by atoms with Crippen molar-refractivity contribution >= 4 is 107 Å². The molecule has 17 aromatic carbocycles. The summed E-state index contributed by atoms with van der Waals surface area (Å²) in [4.78, 5) is 33.1. The Morgan fingerprint density at radius 1 is 0.197 bits per heavy atom. The van der Waals surface area contributed by atoms with Crippen molar-refractivity contribution in [3.05, 3.63) is 483 Å². The van der Waals surface area contributed by atoms with Crippen molar-refractivity contribution in [2.45, 2.75) is 5.41 Å². The van der Waals surface area contributed by atoms with Gasteiger partial charge in [-0.3, -0.25) is 0 Å². The van der Waals surface area contributed by atoms with Crippen LogP contribution in [-0.2, 0) is 5.41 Å². The van der Waals surface area contributed by atoms with Gasteiger partial charge in [-0.15, -0.1) is 34.0 Å². The van der Waals surface area contributed by atoms with E-state index in [-0.39, 0.29) is 0 Å². The highest BCUT2D eigenvalue weighted by molar-refractivity contribution is 7.26. The van der Waals surface area contributed by atoms with E-state index < -0.39 is 5.41 Å². The molecule has 0 radical (unpaired) electrons. The van der Waals surface area contributed by atoms with Crippen LogP contribution in [0.2, 0.25) is 0 Å². The molecule has 0 bridgehead atoms. The van der Waals surface area contributed by atoms with E-state index in [0.29, 0.717) is 11.6 Å². The fraction of sp³-hybridized carbons (Fsp3) is 0.00826. The molecule has 1 aliphatic carbocycles. The first-order chi connectivity index (χ1) is 65.3. The lowest BCUT2D eigenvalue weighted by atomic mass is 9.67. The third-order valence-electron chi connectivity index (χ3n) is 25.0. The minimum atomic E-state index is -0.487. The zero-order chi connectivity index (χ0) is 87.4. The highest BCUT2D eigenvalue weighted by Crippen LogP contribution is 2.57. The summed E-state index contributed by atoms with van der Waals surface area (Å²) in [5.74, 6) is 2.70. The summed E-state index contributed by atoms with van der Waals surface area (Å²) in [6.45, 7) is 0. The fourth-order valence-corrected chi connectivity index (χ4v) is 21.9. The van der Waals surface area contributed by atoms with E-state index in [2.05, 4.69) is 394 Å². The number of thiophene rings is 3. The van der Waals surface area contributed by atoms with Crippen LogP contribution < -0.4 is 0 Å². The minimum absolute atomic E-state index is 0.487. The Bertz CT molecular complexity index is 8530. The number of furan rings is 2. The van der Waals surface area contributed by atoms with Crippen LogP contribution in [0.4, 0.5) is 0 Å². The third-order valence-corrected chi connectivity index (χ3v) is 28.5. The summed E-state index contributed by atoms with van der Waals surface area (Å²) in [6.07, 6.45) is 0. The van der Waals surface area contributed by atoms with E-state index in [1.54, 1.807) is 34.0 Å². The smallest absolute Gasteiger partial charge is 0.196 e. The Morgan fingerprint density at radius 3 is 1.14 bits per heavy atom. The third kappa shape index (κ3) is 14.8. The molecule has 8 nitrogen and oxygen atoms in total. The van der Waals surface area contributed by atoms with Crippen molar-refractivity contribution in [3.8, 4) is 145 Å². The van der Waals surface area contributed by atoms with Crippen LogP contribution in [0.25, 0.3) is 218 Å². The van der Waals surface area contributed by atoms with Crippen LogP contribution in [0.1, 0.15) is 22.3 Å². The van der Waals surface area contributed by atoms with E-state index in [1.165, 1.54) is 90.4 Å². The van der Waals surface area contributed by atoms with E-state index in [1.807, 2.05) is 66.7 Å². The van der Waals surface area contributed by atoms with E-state index in [9.17, 15) is 0 Å². The number of aromatic nitrogens is 6. The molecular formula is C121H76N6O2S3. The second-order valence-corrected chi connectivity index (χ2v) is 36.3. The highest BCUT2D eigenvalue weighted by Gasteiger charge is 2.46. The van der Waals surface area contributed by atoms with Crippen molar-refractivity contribution in [1.29, 1.82) is 0 Å². The molecule has 0 saturated carbocycles. The Balaban J connectivity index is 0.000000111. The second kappa shape index (κ2) is 33.9. The molecule has 0 N–H and O–H groups in total. The molecule has 620 valence electrons. The van der Waals surface area contributed by atoms with Gasteiger partial charge in [0.05, 0.1) is 49.3 Å². The Labute approximate surface area is 773 Å². The highest BCUT2D eigenvalue weighted by atomic mass is 32.1. The van der Waals surface area contributed by atoms with Gasteiger partial charge < -0.3 is 8.83 Å². The number of nitrogens with zero attached hydrogens (tertiary/aromatic N) is 6. The van der Waals surface area contributed by atoms with Crippen molar-refractivity contribution in [2.24, 2.45) is 0 Å². The largest absolute Gasteiger partial charge is 0.456 e. The Morgan fingerprint density at radius 2 is 0.583 bits per heavy atom. The number of fused-ring (bicyclic) bond motifs is 12. The second-order valence-electron chi connectivity index (χ2n) is 33.0. The normalized spacial score (nSPS) is 12.0. The van der Waals surface area contributed by atoms with Gasteiger partial charge in [-0.25, -0.2) is 29.9 Å². The van der Waals surface area contributed by atoms with Gasteiger partial charge in [-0.05, 0) is 187 Å². The maximum Gasteiger partial charge on any atom is 0.196 e. The average molecular weight is 1740 g/mol. The molecule has 25 aromatic rings. The van der Waals surface area contributed by atoms with Gasteiger partial charge in [0.1, 0.15) is 16.7 Å². The van der Waals surface area contributed by atoms with Crippen molar-refractivity contribution < 1.29 is 8.83 Å². The monoisotopic (exact) mass is 1740 g/mol. The molecule has 8 heterocycles. The van der Waals surface area contributed by atoms with Crippen molar-refractivity contribution in [2.75, 3.05) is 0 Å². The predicted octanol–water partition coefficient (Wildman–Crippen LogP) is 33.2. The summed E-state index contributed by atoms with van der Waals surface area (Å²) in [5.41, 5.74) is 28.3. The molecule has 132 heavy (non-hydrogen) atoms. The van der Waals surface area contributed by atoms with Gasteiger partial charge in [0.15, 0.2) is 23.2 Å². The first-order valence-electron chi connectivity index (χ1n) is 44.1. The van der Waals surface area contributed by atoms with Crippen LogP contribution in [-0.4, -0.2) is 29.9 Å². The molecule has 8 aromatic heterocycles. The lowest BCUT2D eigenvalue weighted by Gasteiger charge is -2.34. The van der Waals surface area contributed by atoms with Crippen LogP contribution in [0.15, 0.2) is 470 Å². The summed E-state index contributed by atoms with van der Waals surface area (Å²) in [7, 11) is 0. The van der Waals surface area contributed by atoms with Gasteiger partial charge in [0, 0.05) is 79.1 Å². The maximum atomic E-state index is 6.24. The summed E-state index contributed by atoms with van der Waals surface area (Å²) in [6, 6.07) is 162. The number of rotatable bonds is 14. The van der Waals surface area contributed by atoms with Gasteiger partial charge in [0.25, 0.3) is 0 Å². The van der Waals surface area contributed by atoms with Gasteiger partial charge in [-0.1, -0.05) is 352 Å². The number of hydrogen-bond acceptors (Lipinski definition) is 11. The molecule has 0 spiro atoms. The summed E-state index contributed by atoms with van der Waals surface area (Å²) in [5, 5.41) is 8.15. The topological polar surface area (TPSA) is 104 Å². The van der Waals surface area contributed by atoms with Gasteiger partial charge in [0.2, 0.25) is 0 Å². The quantitative estimate of drug-likeness (QED) is 0.106. The molecule has 1 aliphatic rings. The zero-order valence-corrected chi connectivity index (χ0v) is 73.6. The summed E-state index contributed by atoms with van der Waals surface area (Å²) < 4.78 is 17.3. The molecule has 0 saturated heterocycles. The maximum absolute atomic E-state index is 6.24. The average Bonchev–Trinajstić information content (AvgIpc) is 1.52. The molecule has 0 atom stereocenters. The summed E-state index contributed by atoms with van der Waals surface area (Å²) >= 11 is 5.27. The number of hydrogen-bond donors (Lipinski definition) is 0. The first kappa shape index (κ1) is 78.9. The Hall–Kier alpha value is -16.5. The molecular weight excluding hydrogens is 1670 g/mol. The lowest BCUT2D eigenvalue weighted by molar-refractivity contribution is 0.625. The molecule has 26 rings (SSSR count). The SMILES string of the molecule is c1ccc(-c2cccc(-c3cc(-c4ccc5c(c4)C(c4ccccc4)(c4ccccc4)c4ccccc4-5)nc(-c4cc5ccccc5s4)n3)c2)cc1.c1ccc(-c2cccc(-c3cc(-c4ccc5oc6ccccc6c5c4)nc(-c4cc5ccccc5s4)n3)c2)cc1.c1ccc(-c2cccc(-c3cc(-c4cccc5c4sc4ccccc45)nc(-c4cc5ccccc5o4)n3)c2)cc1. The molecule has 11 heteroatoms. The van der Waals surface area contributed by atoms with Crippen LogP contribution >= 0.6 is 34.0 Å². The molecule has 0 fully saturated rings. The van der Waals surface area contributed by atoms with Crippen molar-refractivity contribution in [1.82, 2.24) is 29.9 Å². The molecule has 0 amide bonds. The van der Waals surface area contributed by atoms with Gasteiger partial charge in [-0.2, -0.15) is 0 Å². The van der Waals surface area contributed by atoms with Crippen LogP contribution in [0, 0.1) is 0 Å². The predicted molar refractivity (Wildman–Crippen MR) is 549 cm³/mol. The standard InChI is InChI=1S/C49H32N2S.2C36H22N2OS/c1-4-15-33(16-5-1)34-18-14-19-35(29-34)44-32-45(51-48(50-44)47-31-37-17-10-13-26-46(37)52-47)36-27-28-41-40-24-11-12-25-42(40)49(43(41)30-36,38-20-6-2-7-21-38)39-22-8-3-9-23-39;1-2-9-23(10-3-1)24-12-8-13-25(19-24)30-22-31(38-36(37-30)35-21-27-11-4-7-16-34(27)40-35)26-17-18-33-29(20-26)28-14-5-6-15-32(28)39-33;1-2-10-23(11-3-1)24-13-8-14-25(20-24)30-22-31(38-36(37-30)33-21-26-12-4-6-18-32(26)39-33)29-17-9-16-28-27-15-5-7-19-34(27)40-35(28)29/h1-32H;2*1-22H. The molecule has 0 aliphatic heterocycles. The van der Waals surface area contributed by atoms with Crippen molar-refractivity contribution in [3.63, 3.8) is 0 Å². The van der Waals surface area contributed by atoms with Gasteiger partial charge >= 0.3 is 0 Å². The van der Waals surface area contributed by atoms with Crippen LogP contribution in [0.5, 0.6) is 0 Å². The minimum Gasteiger partial charge on any atom is -0.456 e. The van der Waals surface area contributed by atoms with Crippen LogP contribution in [0.3, 0.4) is 0 Å². The van der Waals surface area contributed by atoms with E-state index in [0.717, 1.165) is 139 Å². The van der Waals surface area contributed by atoms with E-state index in [4.69, 9.17) is 38.7 Å². The number of benzene rings is 17. The zero-order valence-electron chi connectivity index (χ0n) is 71.1. The fourth-order valence-electron chi connectivity index (χ4n) is 18.7. The van der Waals surface area contributed by atoms with E-state index >= 15 is 0 Å².